The Hall–Kier alpha value is -1.46. The van der Waals surface area contributed by atoms with E-state index in [1.807, 2.05) is 6.92 Å². The van der Waals surface area contributed by atoms with Gasteiger partial charge in [-0.2, -0.15) is 0 Å². The summed E-state index contributed by atoms with van der Waals surface area (Å²) in [7, 11) is 0. The molecule has 21 heavy (non-hydrogen) atoms. The van der Waals surface area contributed by atoms with Gasteiger partial charge in [-0.05, 0) is 36.2 Å². The minimum Gasteiger partial charge on any atom is -0.494 e. The number of hydrogen-bond acceptors (Lipinski definition) is 2. The summed E-state index contributed by atoms with van der Waals surface area (Å²) in [5.74, 6) is -0.925. The summed E-state index contributed by atoms with van der Waals surface area (Å²) in [5, 5.41) is 10.2. The SMILES string of the molecule is CCCOc1ccc(C(O)c2c(F)cc(Br)cc2F)cc1. The molecule has 1 N–H and O–H groups in total. The van der Waals surface area contributed by atoms with Crippen molar-refractivity contribution in [3.05, 3.63) is 63.6 Å². The van der Waals surface area contributed by atoms with Gasteiger partial charge in [-0.3, -0.25) is 0 Å². The molecule has 0 aliphatic heterocycles. The number of ether oxygens (including phenoxy) is 1. The molecule has 2 rings (SSSR count). The highest BCUT2D eigenvalue weighted by Crippen LogP contribution is 2.30. The van der Waals surface area contributed by atoms with E-state index in [4.69, 9.17) is 4.74 Å². The average molecular weight is 357 g/mol. The van der Waals surface area contributed by atoms with Gasteiger partial charge in [0, 0.05) is 4.47 Å². The zero-order valence-electron chi connectivity index (χ0n) is 11.4. The normalized spacial score (nSPS) is 12.2. The summed E-state index contributed by atoms with van der Waals surface area (Å²) in [4.78, 5) is 0. The number of aliphatic hydroxyl groups is 1. The van der Waals surface area contributed by atoms with Crippen LogP contribution in [0, 0.1) is 11.6 Å². The molecule has 112 valence electrons. The van der Waals surface area contributed by atoms with Crippen molar-refractivity contribution in [1.82, 2.24) is 0 Å². The van der Waals surface area contributed by atoms with Crippen molar-refractivity contribution in [2.24, 2.45) is 0 Å². The van der Waals surface area contributed by atoms with Crippen LogP contribution in [0.5, 0.6) is 5.75 Å². The number of hydrogen-bond donors (Lipinski definition) is 1. The lowest BCUT2D eigenvalue weighted by atomic mass is 10.0. The fraction of sp³-hybridized carbons (Fsp3) is 0.250. The lowest BCUT2D eigenvalue weighted by Gasteiger charge is -2.14. The zero-order valence-corrected chi connectivity index (χ0v) is 13.0. The van der Waals surface area contributed by atoms with Crippen molar-refractivity contribution < 1.29 is 18.6 Å². The van der Waals surface area contributed by atoms with Crippen LogP contribution in [0.15, 0.2) is 40.9 Å². The maximum absolute atomic E-state index is 13.8. The molecule has 5 heteroatoms. The van der Waals surface area contributed by atoms with Crippen LogP contribution in [-0.4, -0.2) is 11.7 Å². The summed E-state index contributed by atoms with van der Waals surface area (Å²) < 4.78 is 33.4. The monoisotopic (exact) mass is 356 g/mol. The van der Waals surface area contributed by atoms with Gasteiger partial charge in [0.2, 0.25) is 0 Å². The van der Waals surface area contributed by atoms with Gasteiger partial charge in [0.05, 0.1) is 12.2 Å². The van der Waals surface area contributed by atoms with Crippen molar-refractivity contribution in [3.63, 3.8) is 0 Å². The third kappa shape index (κ3) is 3.80. The fourth-order valence-corrected chi connectivity index (χ4v) is 2.35. The van der Waals surface area contributed by atoms with Crippen LogP contribution in [0.4, 0.5) is 8.78 Å². The minimum absolute atomic E-state index is 0.289. The molecule has 1 unspecified atom stereocenters. The van der Waals surface area contributed by atoms with Crippen molar-refractivity contribution in [2.75, 3.05) is 6.61 Å². The van der Waals surface area contributed by atoms with Gasteiger partial charge in [0.1, 0.15) is 23.5 Å². The standard InChI is InChI=1S/C16H15BrF2O2/c1-2-7-21-12-5-3-10(4-6-12)16(20)15-13(18)8-11(17)9-14(15)19/h3-6,8-9,16,20H,2,7H2,1H3. The molecule has 0 aliphatic rings. The first kappa shape index (κ1) is 15.9. The molecule has 0 aromatic heterocycles. The third-order valence-corrected chi connectivity index (χ3v) is 3.44. The van der Waals surface area contributed by atoms with Crippen LogP contribution in [0.25, 0.3) is 0 Å². The second-order valence-corrected chi connectivity index (χ2v) is 5.52. The molecule has 0 heterocycles. The van der Waals surface area contributed by atoms with E-state index in [0.717, 1.165) is 18.6 Å². The summed E-state index contributed by atoms with van der Waals surface area (Å²) in [6.45, 7) is 2.59. The first-order chi connectivity index (χ1) is 10.0. The summed E-state index contributed by atoms with van der Waals surface area (Å²) >= 11 is 3.01. The van der Waals surface area contributed by atoms with E-state index < -0.39 is 17.7 Å². The Morgan fingerprint density at radius 3 is 2.24 bits per heavy atom. The topological polar surface area (TPSA) is 29.5 Å². The molecular weight excluding hydrogens is 342 g/mol. The van der Waals surface area contributed by atoms with Crippen LogP contribution in [-0.2, 0) is 0 Å². The Balaban J connectivity index is 2.26. The minimum atomic E-state index is -1.36. The van der Waals surface area contributed by atoms with E-state index in [9.17, 15) is 13.9 Å². The van der Waals surface area contributed by atoms with Gasteiger partial charge in [-0.1, -0.05) is 35.0 Å². The highest BCUT2D eigenvalue weighted by Gasteiger charge is 2.20. The molecule has 0 spiro atoms. The molecular formula is C16H15BrF2O2. The number of rotatable bonds is 5. The van der Waals surface area contributed by atoms with Crippen molar-refractivity contribution >= 4 is 15.9 Å². The van der Waals surface area contributed by atoms with Gasteiger partial charge in [-0.15, -0.1) is 0 Å². The molecule has 0 bridgehead atoms. The molecule has 0 saturated heterocycles. The Morgan fingerprint density at radius 1 is 1.14 bits per heavy atom. The fourth-order valence-electron chi connectivity index (χ4n) is 1.95. The summed E-state index contributed by atoms with van der Waals surface area (Å²) in [5.41, 5.74) is 0.0411. The van der Waals surface area contributed by atoms with Crippen LogP contribution in [0.2, 0.25) is 0 Å². The molecule has 1 atom stereocenters. The van der Waals surface area contributed by atoms with Gasteiger partial charge in [-0.25, -0.2) is 8.78 Å². The van der Waals surface area contributed by atoms with Crippen LogP contribution in [0.3, 0.4) is 0 Å². The van der Waals surface area contributed by atoms with Crippen LogP contribution >= 0.6 is 15.9 Å². The van der Waals surface area contributed by atoms with Crippen LogP contribution in [0.1, 0.15) is 30.6 Å². The molecule has 0 fully saturated rings. The molecule has 0 saturated carbocycles. The van der Waals surface area contributed by atoms with E-state index in [1.165, 1.54) is 0 Å². The largest absolute Gasteiger partial charge is 0.494 e. The predicted octanol–water partition coefficient (Wildman–Crippen LogP) is 4.60. The smallest absolute Gasteiger partial charge is 0.133 e. The lowest BCUT2D eigenvalue weighted by Crippen LogP contribution is -2.06. The Morgan fingerprint density at radius 2 is 1.71 bits per heavy atom. The molecule has 0 aliphatic carbocycles. The van der Waals surface area contributed by atoms with Gasteiger partial charge in [0.25, 0.3) is 0 Å². The third-order valence-electron chi connectivity index (χ3n) is 2.99. The second kappa shape index (κ2) is 7.00. The van der Waals surface area contributed by atoms with Crippen molar-refractivity contribution in [3.8, 4) is 5.75 Å². The second-order valence-electron chi connectivity index (χ2n) is 4.60. The van der Waals surface area contributed by atoms with Crippen molar-refractivity contribution in [1.29, 1.82) is 0 Å². The first-order valence-electron chi connectivity index (χ1n) is 6.58. The molecule has 2 aromatic carbocycles. The quantitative estimate of drug-likeness (QED) is 0.848. The molecule has 0 amide bonds. The Kier molecular flexibility index (Phi) is 5.31. The summed E-state index contributed by atoms with van der Waals surface area (Å²) in [6, 6.07) is 8.78. The lowest BCUT2D eigenvalue weighted by molar-refractivity contribution is 0.209. The molecule has 0 radical (unpaired) electrons. The van der Waals surface area contributed by atoms with Gasteiger partial charge < -0.3 is 9.84 Å². The van der Waals surface area contributed by atoms with Crippen molar-refractivity contribution in [2.45, 2.75) is 19.4 Å². The van der Waals surface area contributed by atoms with E-state index in [1.54, 1.807) is 24.3 Å². The van der Waals surface area contributed by atoms with E-state index in [-0.39, 0.29) is 10.0 Å². The van der Waals surface area contributed by atoms with E-state index >= 15 is 0 Å². The predicted molar refractivity (Wildman–Crippen MR) is 80.3 cm³/mol. The number of halogens is 3. The zero-order chi connectivity index (χ0) is 15.4. The van der Waals surface area contributed by atoms with Crippen LogP contribution < -0.4 is 4.74 Å². The number of aliphatic hydroxyl groups excluding tert-OH is 1. The highest BCUT2D eigenvalue weighted by atomic mass is 79.9. The number of benzene rings is 2. The molecule has 2 nitrogen and oxygen atoms in total. The Labute approximate surface area is 130 Å². The van der Waals surface area contributed by atoms with Gasteiger partial charge >= 0.3 is 0 Å². The van der Waals surface area contributed by atoms with Gasteiger partial charge in [0.15, 0.2) is 0 Å². The maximum atomic E-state index is 13.8. The summed E-state index contributed by atoms with van der Waals surface area (Å²) in [6.07, 6.45) is -0.474. The Bertz CT molecular complexity index is 591. The van der Waals surface area contributed by atoms with E-state index in [0.29, 0.717) is 17.9 Å². The first-order valence-corrected chi connectivity index (χ1v) is 7.37. The average Bonchev–Trinajstić information content (AvgIpc) is 2.44. The van der Waals surface area contributed by atoms with E-state index in [2.05, 4.69) is 15.9 Å². The molecule has 2 aromatic rings. The highest BCUT2D eigenvalue weighted by molar-refractivity contribution is 9.10. The maximum Gasteiger partial charge on any atom is 0.133 e.